The van der Waals surface area contributed by atoms with Crippen LogP contribution in [0.4, 0.5) is 18.9 Å². The second-order valence-corrected chi connectivity index (χ2v) is 6.58. The summed E-state index contributed by atoms with van der Waals surface area (Å²) < 4.78 is 38.0. The van der Waals surface area contributed by atoms with Crippen LogP contribution in [0.25, 0.3) is 0 Å². The largest absolute Gasteiger partial charge is 0.471 e. The number of hydrogen-bond donors (Lipinski definition) is 1. The molecule has 4 nitrogen and oxygen atoms in total. The highest BCUT2D eigenvalue weighted by Gasteiger charge is 2.41. The van der Waals surface area contributed by atoms with E-state index in [-0.39, 0.29) is 31.3 Å². The summed E-state index contributed by atoms with van der Waals surface area (Å²) in [5.74, 6) is -2.03. The lowest BCUT2D eigenvalue weighted by molar-refractivity contribution is -0.185. The quantitative estimate of drug-likeness (QED) is 0.741. The molecule has 1 N–H and O–H groups in total. The summed E-state index contributed by atoms with van der Waals surface area (Å²) in [4.78, 5) is 24.5. The Morgan fingerprint density at radius 2 is 1.75 bits per heavy atom. The van der Waals surface area contributed by atoms with Crippen LogP contribution in [0.3, 0.4) is 0 Å². The van der Waals surface area contributed by atoms with Crippen LogP contribution >= 0.6 is 0 Å². The Balaban J connectivity index is 2.00. The molecule has 0 fully saturated rings. The smallest absolute Gasteiger partial charge is 0.331 e. The molecule has 0 bridgehead atoms. The van der Waals surface area contributed by atoms with Crippen molar-refractivity contribution in [2.75, 3.05) is 11.9 Å². The fraction of sp³-hybridized carbons (Fsp3) is 0.333. The number of alkyl halides is 3. The second-order valence-electron chi connectivity index (χ2n) is 6.58. The number of anilines is 1. The molecule has 0 radical (unpaired) electrons. The molecular weight excluding hydrogens is 369 g/mol. The van der Waals surface area contributed by atoms with Crippen molar-refractivity contribution < 1.29 is 22.8 Å². The summed E-state index contributed by atoms with van der Waals surface area (Å²) in [5.41, 5.74) is 2.04. The van der Waals surface area contributed by atoms with Crippen LogP contribution in [-0.2, 0) is 16.1 Å². The molecule has 0 aliphatic carbocycles. The van der Waals surface area contributed by atoms with Gasteiger partial charge < -0.3 is 10.2 Å². The van der Waals surface area contributed by atoms with Gasteiger partial charge in [0.1, 0.15) is 0 Å². The van der Waals surface area contributed by atoms with E-state index in [2.05, 4.69) is 5.32 Å². The van der Waals surface area contributed by atoms with Gasteiger partial charge in [-0.25, -0.2) is 0 Å². The van der Waals surface area contributed by atoms with Gasteiger partial charge >= 0.3 is 12.1 Å². The average Bonchev–Trinajstić information content (AvgIpc) is 2.65. The zero-order chi connectivity index (χ0) is 20.7. The Labute approximate surface area is 162 Å². The highest BCUT2D eigenvalue weighted by Crippen LogP contribution is 2.22. The van der Waals surface area contributed by atoms with Crippen LogP contribution in [-0.4, -0.2) is 29.4 Å². The number of carbonyl (C=O) groups is 2. The van der Waals surface area contributed by atoms with E-state index in [4.69, 9.17) is 0 Å². The maximum absolute atomic E-state index is 12.7. The molecule has 2 aromatic carbocycles. The lowest BCUT2D eigenvalue weighted by Crippen LogP contribution is -2.40. The summed E-state index contributed by atoms with van der Waals surface area (Å²) in [6.07, 6.45) is -4.63. The van der Waals surface area contributed by atoms with Crippen molar-refractivity contribution in [1.82, 2.24) is 4.90 Å². The first-order valence-corrected chi connectivity index (χ1v) is 9.00. The number of hydrogen-bond acceptors (Lipinski definition) is 2. The molecule has 0 spiro atoms. The third-order valence-corrected chi connectivity index (χ3v) is 4.36. The number of nitrogens with one attached hydrogen (secondary N) is 1. The number of nitrogens with zero attached hydrogens (tertiary/aromatic N) is 1. The maximum Gasteiger partial charge on any atom is 0.471 e. The van der Waals surface area contributed by atoms with Crippen molar-refractivity contribution >= 4 is 17.5 Å². The fourth-order valence-electron chi connectivity index (χ4n) is 2.86. The number of amides is 2. The van der Waals surface area contributed by atoms with E-state index in [1.807, 2.05) is 37.3 Å². The van der Waals surface area contributed by atoms with Gasteiger partial charge in [0.25, 0.3) is 0 Å². The average molecular weight is 392 g/mol. The van der Waals surface area contributed by atoms with Gasteiger partial charge in [-0.15, -0.1) is 0 Å². The van der Waals surface area contributed by atoms with Crippen molar-refractivity contribution in [3.05, 3.63) is 65.7 Å². The van der Waals surface area contributed by atoms with Crippen molar-refractivity contribution in [1.29, 1.82) is 0 Å². The molecule has 2 rings (SSSR count). The van der Waals surface area contributed by atoms with E-state index in [0.717, 1.165) is 10.5 Å². The van der Waals surface area contributed by atoms with Crippen LogP contribution in [0.2, 0.25) is 0 Å². The normalized spacial score (nSPS) is 12.3. The molecular formula is C21H23F3N2O2. The van der Waals surface area contributed by atoms with Crippen LogP contribution in [0.1, 0.15) is 37.3 Å². The summed E-state index contributed by atoms with van der Waals surface area (Å²) in [7, 11) is 0. The van der Waals surface area contributed by atoms with E-state index in [1.165, 1.54) is 6.92 Å². The molecule has 0 aliphatic rings. The zero-order valence-electron chi connectivity index (χ0n) is 15.8. The first-order valence-electron chi connectivity index (χ1n) is 9.00. The molecule has 7 heteroatoms. The molecule has 2 amide bonds. The molecule has 0 saturated carbocycles. The minimum atomic E-state index is -4.91. The number of carbonyl (C=O) groups excluding carboxylic acids is 2. The molecule has 0 heterocycles. The molecule has 0 saturated heterocycles. The van der Waals surface area contributed by atoms with E-state index >= 15 is 0 Å². The van der Waals surface area contributed by atoms with Gasteiger partial charge in [-0.2, -0.15) is 13.2 Å². The SMILES string of the molecule is CCN(Cc1cccc(NC(=O)CC(C)c2ccccc2)c1)C(=O)C(F)(F)F. The molecule has 28 heavy (non-hydrogen) atoms. The van der Waals surface area contributed by atoms with Gasteiger partial charge in [0.15, 0.2) is 0 Å². The fourth-order valence-corrected chi connectivity index (χ4v) is 2.86. The first kappa shape index (κ1) is 21.5. The molecule has 0 aromatic heterocycles. The summed E-state index contributed by atoms with van der Waals surface area (Å²) >= 11 is 0. The predicted molar refractivity (Wildman–Crippen MR) is 102 cm³/mol. The predicted octanol–water partition coefficient (Wildman–Crippen LogP) is 4.73. The Morgan fingerprint density at radius 3 is 2.36 bits per heavy atom. The van der Waals surface area contributed by atoms with Gasteiger partial charge in [0.05, 0.1) is 0 Å². The molecule has 1 unspecified atom stereocenters. The Bertz CT molecular complexity index is 807. The molecule has 1 atom stereocenters. The first-order chi connectivity index (χ1) is 13.2. The topological polar surface area (TPSA) is 49.4 Å². The summed E-state index contributed by atoms with van der Waals surface area (Å²) in [6.45, 7) is 3.19. The second kappa shape index (κ2) is 9.39. The van der Waals surface area contributed by atoms with Gasteiger partial charge in [-0.3, -0.25) is 9.59 Å². The van der Waals surface area contributed by atoms with Gasteiger partial charge in [-0.05, 0) is 36.1 Å². The van der Waals surface area contributed by atoms with Crippen molar-refractivity contribution in [3.63, 3.8) is 0 Å². The molecule has 150 valence electrons. The minimum absolute atomic E-state index is 0.0318. The third kappa shape index (κ3) is 6.11. The molecule has 2 aromatic rings. The highest BCUT2D eigenvalue weighted by molar-refractivity contribution is 5.91. The van der Waals surface area contributed by atoms with E-state index in [0.29, 0.717) is 11.3 Å². The summed E-state index contributed by atoms with van der Waals surface area (Å²) in [6, 6.07) is 16.1. The zero-order valence-corrected chi connectivity index (χ0v) is 15.8. The van der Waals surface area contributed by atoms with E-state index < -0.39 is 12.1 Å². The lowest BCUT2D eigenvalue weighted by Gasteiger charge is -2.22. The van der Waals surface area contributed by atoms with Crippen molar-refractivity contribution in [2.45, 2.75) is 38.9 Å². The highest BCUT2D eigenvalue weighted by atomic mass is 19.4. The standard InChI is InChI=1S/C21H23F3N2O2/c1-3-26(20(28)21(22,23)24)14-16-8-7-11-18(13-16)25-19(27)12-15(2)17-9-5-4-6-10-17/h4-11,13,15H,3,12,14H2,1-2H3,(H,25,27). The third-order valence-electron chi connectivity index (χ3n) is 4.36. The van der Waals surface area contributed by atoms with Crippen LogP contribution in [0.5, 0.6) is 0 Å². The Hall–Kier alpha value is -2.83. The maximum atomic E-state index is 12.7. The molecule has 0 aliphatic heterocycles. The van der Waals surface area contributed by atoms with Crippen LogP contribution in [0.15, 0.2) is 54.6 Å². The number of rotatable bonds is 7. The summed E-state index contributed by atoms with van der Waals surface area (Å²) in [5, 5.41) is 2.77. The Morgan fingerprint density at radius 1 is 1.07 bits per heavy atom. The van der Waals surface area contributed by atoms with Crippen LogP contribution in [0, 0.1) is 0 Å². The lowest BCUT2D eigenvalue weighted by atomic mass is 9.97. The van der Waals surface area contributed by atoms with E-state index in [1.54, 1.807) is 24.3 Å². The van der Waals surface area contributed by atoms with Gasteiger partial charge in [-0.1, -0.05) is 49.4 Å². The van der Waals surface area contributed by atoms with E-state index in [9.17, 15) is 22.8 Å². The number of halogens is 3. The van der Waals surface area contributed by atoms with Crippen molar-refractivity contribution in [2.24, 2.45) is 0 Å². The van der Waals surface area contributed by atoms with Crippen LogP contribution < -0.4 is 5.32 Å². The minimum Gasteiger partial charge on any atom is -0.331 e. The Kier molecular flexibility index (Phi) is 7.20. The monoisotopic (exact) mass is 392 g/mol. The number of benzene rings is 2. The van der Waals surface area contributed by atoms with Gasteiger partial charge in [0.2, 0.25) is 5.91 Å². The van der Waals surface area contributed by atoms with Crippen molar-refractivity contribution in [3.8, 4) is 0 Å². The van der Waals surface area contributed by atoms with Gasteiger partial charge in [0, 0.05) is 25.2 Å².